The fourth-order valence-corrected chi connectivity index (χ4v) is 0.928. The van der Waals surface area contributed by atoms with Gasteiger partial charge in [0.25, 0.3) is 0 Å². The van der Waals surface area contributed by atoms with Crippen LogP contribution in [0.4, 0.5) is 0 Å². The number of H-pyrrole nitrogens is 1. The quantitative estimate of drug-likeness (QED) is 0.637. The number of ether oxygens (including phenoxy) is 1. The first-order valence-electron chi connectivity index (χ1n) is 3.64. The minimum atomic E-state index is -0.636. The maximum absolute atomic E-state index is 11.5. The number of aromatic nitrogens is 4. The number of nitrogens with one attached hydrogen (secondary N) is 1. The Labute approximate surface area is 73.3 Å². The molecule has 0 aromatic carbocycles. The zero-order chi connectivity index (χ0) is 9.10. The van der Waals surface area contributed by atoms with E-state index in [1.165, 1.54) is 6.26 Å². The number of carbonyl (C=O) groups is 1. The summed E-state index contributed by atoms with van der Waals surface area (Å²) in [4.78, 5) is 11.5. The second-order valence-corrected chi connectivity index (χ2v) is 2.37. The third-order valence-corrected chi connectivity index (χ3v) is 1.52. The molecule has 1 aliphatic rings. The monoisotopic (exact) mass is 178 g/mol. The van der Waals surface area contributed by atoms with E-state index in [2.05, 4.69) is 20.6 Å². The van der Waals surface area contributed by atoms with Gasteiger partial charge in [-0.1, -0.05) is 6.08 Å². The van der Waals surface area contributed by atoms with Gasteiger partial charge >= 0.3 is 0 Å². The molecule has 1 atom stereocenters. The van der Waals surface area contributed by atoms with Gasteiger partial charge in [-0.05, 0) is 17.4 Å². The number of nitrogens with zero attached hydrogens (tertiary/aromatic N) is 3. The topological polar surface area (TPSA) is 80.8 Å². The number of rotatable bonds is 2. The average Bonchev–Trinajstić information content (AvgIpc) is 2.71. The van der Waals surface area contributed by atoms with Gasteiger partial charge in [0.2, 0.25) is 11.6 Å². The minimum Gasteiger partial charge on any atom is -0.486 e. The molecule has 0 aliphatic carbocycles. The van der Waals surface area contributed by atoms with Crippen LogP contribution in [0.15, 0.2) is 24.5 Å². The minimum absolute atomic E-state index is 0.0324. The lowest BCUT2D eigenvalue weighted by atomic mass is 10.2. The molecule has 1 aliphatic heterocycles. The van der Waals surface area contributed by atoms with E-state index in [0.29, 0.717) is 0 Å². The maximum Gasteiger partial charge on any atom is 0.248 e. The molecule has 0 fully saturated rings. The zero-order valence-corrected chi connectivity index (χ0v) is 6.54. The predicted octanol–water partition coefficient (Wildman–Crippen LogP) is -0.149. The average molecular weight is 178 g/mol. The fraction of sp³-hybridized carbons (Fsp3) is 0.143. The van der Waals surface area contributed by atoms with Crippen molar-refractivity contribution in [3.63, 3.8) is 0 Å². The largest absolute Gasteiger partial charge is 0.486 e. The van der Waals surface area contributed by atoms with Crippen molar-refractivity contribution in [1.82, 2.24) is 20.6 Å². The van der Waals surface area contributed by atoms with Crippen molar-refractivity contribution in [2.45, 2.75) is 6.10 Å². The molecule has 1 N–H and O–H groups in total. The van der Waals surface area contributed by atoms with Gasteiger partial charge in [0, 0.05) is 0 Å². The number of aromatic amines is 1. The zero-order valence-electron chi connectivity index (χ0n) is 6.54. The highest BCUT2D eigenvalue weighted by molar-refractivity contribution is 5.97. The van der Waals surface area contributed by atoms with E-state index in [1.54, 1.807) is 18.2 Å². The molecule has 2 heterocycles. The van der Waals surface area contributed by atoms with E-state index in [0.717, 1.165) is 0 Å². The second-order valence-electron chi connectivity index (χ2n) is 2.37. The van der Waals surface area contributed by atoms with Crippen molar-refractivity contribution in [3.05, 3.63) is 30.3 Å². The van der Waals surface area contributed by atoms with Crippen molar-refractivity contribution in [2.24, 2.45) is 0 Å². The summed E-state index contributed by atoms with van der Waals surface area (Å²) in [5.74, 6) is -0.278. The van der Waals surface area contributed by atoms with Crippen molar-refractivity contribution in [3.8, 4) is 0 Å². The van der Waals surface area contributed by atoms with Crippen LogP contribution in [0.5, 0.6) is 0 Å². The van der Waals surface area contributed by atoms with E-state index < -0.39 is 6.10 Å². The van der Waals surface area contributed by atoms with Gasteiger partial charge in [-0.3, -0.25) is 4.79 Å². The highest BCUT2D eigenvalue weighted by Gasteiger charge is 2.22. The Balaban J connectivity index is 2.14. The molecule has 66 valence electrons. The van der Waals surface area contributed by atoms with Crippen LogP contribution in [0.1, 0.15) is 10.6 Å². The molecule has 0 saturated carbocycles. The van der Waals surface area contributed by atoms with Crippen molar-refractivity contribution >= 4 is 5.78 Å². The van der Waals surface area contributed by atoms with Crippen LogP contribution in [0.25, 0.3) is 0 Å². The number of hydrogen-bond acceptors (Lipinski definition) is 5. The Morgan fingerprint density at radius 1 is 1.54 bits per heavy atom. The number of allylic oxidation sites excluding steroid dienone is 2. The summed E-state index contributed by atoms with van der Waals surface area (Å²) in [6, 6.07) is 0. The Morgan fingerprint density at radius 2 is 2.46 bits per heavy atom. The first-order valence-corrected chi connectivity index (χ1v) is 3.64. The van der Waals surface area contributed by atoms with Gasteiger partial charge in [-0.15, -0.1) is 10.2 Å². The third kappa shape index (κ3) is 1.46. The number of tetrazole rings is 1. The molecule has 0 spiro atoms. The van der Waals surface area contributed by atoms with Crippen LogP contribution in [0.3, 0.4) is 0 Å². The summed E-state index contributed by atoms with van der Waals surface area (Å²) in [6.45, 7) is 0. The fourth-order valence-electron chi connectivity index (χ4n) is 0.928. The molecule has 1 unspecified atom stereocenters. The highest BCUT2D eigenvalue weighted by atomic mass is 16.5. The molecule has 0 radical (unpaired) electrons. The number of carbonyl (C=O) groups excluding carboxylic acids is 1. The van der Waals surface area contributed by atoms with Crippen molar-refractivity contribution in [2.75, 3.05) is 0 Å². The lowest BCUT2D eigenvalue weighted by molar-refractivity contribution is 0.0774. The molecule has 1 aromatic heterocycles. The van der Waals surface area contributed by atoms with Gasteiger partial charge in [-0.25, -0.2) is 0 Å². The summed E-state index contributed by atoms with van der Waals surface area (Å²) in [7, 11) is 0. The maximum atomic E-state index is 11.5. The van der Waals surface area contributed by atoms with Crippen LogP contribution in [0.2, 0.25) is 0 Å². The Kier molecular flexibility index (Phi) is 1.87. The summed E-state index contributed by atoms with van der Waals surface area (Å²) >= 11 is 0. The van der Waals surface area contributed by atoms with E-state index >= 15 is 0 Å². The van der Waals surface area contributed by atoms with Gasteiger partial charge in [0.15, 0.2) is 6.10 Å². The van der Waals surface area contributed by atoms with Crippen LogP contribution >= 0.6 is 0 Å². The summed E-state index contributed by atoms with van der Waals surface area (Å²) < 4.78 is 5.02. The Bertz CT molecular complexity index is 355. The van der Waals surface area contributed by atoms with Gasteiger partial charge in [0.05, 0.1) is 6.26 Å². The van der Waals surface area contributed by atoms with Crippen LogP contribution < -0.4 is 0 Å². The van der Waals surface area contributed by atoms with Crippen LogP contribution in [-0.2, 0) is 4.74 Å². The van der Waals surface area contributed by atoms with Gasteiger partial charge in [0.1, 0.15) is 0 Å². The molecular weight excluding hydrogens is 172 g/mol. The lowest BCUT2D eigenvalue weighted by Crippen LogP contribution is -2.22. The van der Waals surface area contributed by atoms with E-state index in [-0.39, 0.29) is 11.6 Å². The molecule has 6 nitrogen and oxygen atoms in total. The smallest absolute Gasteiger partial charge is 0.248 e. The molecule has 0 saturated heterocycles. The van der Waals surface area contributed by atoms with Crippen molar-refractivity contribution in [1.29, 1.82) is 0 Å². The summed E-state index contributed by atoms with van der Waals surface area (Å²) in [5.41, 5.74) is 0. The number of Topliss-reactive ketones (excluding diaryl/α,β-unsaturated/α-hetero) is 1. The summed E-state index contributed by atoms with van der Waals surface area (Å²) in [6.07, 6.45) is 5.86. The first kappa shape index (κ1) is 7.66. The van der Waals surface area contributed by atoms with Crippen LogP contribution in [0, 0.1) is 0 Å². The molecule has 6 heteroatoms. The third-order valence-electron chi connectivity index (χ3n) is 1.52. The Morgan fingerprint density at radius 3 is 3.08 bits per heavy atom. The second kappa shape index (κ2) is 3.18. The predicted molar refractivity (Wildman–Crippen MR) is 41.7 cm³/mol. The standard InChI is InChI=1S/C7H6N4O2/c12-6(7-8-10-11-9-7)5-3-1-2-4-13-5/h1-5H,(H,8,9,10,11). The normalized spacial score (nSPS) is 19.8. The summed E-state index contributed by atoms with van der Waals surface area (Å²) in [5, 5.41) is 12.6. The molecule has 1 aromatic rings. The highest BCUT2D eigenvalue weighted by Crippen LogP contribution is 2.06. The molecule has 0 amide bonds. The molecular formula is C7H6N4O2. The van der Waals surface area contributed by atoms with E-state index in [4.69, 9.17) is 4.74 Å². The van der Waals surface area contributed by atoms with Crippen LogP contribution in [-0.4, -0.2) is 32.5 Å². The van der Waals surface area contributed by atoms with E-state index in [1.807, 2.05) is 0 Å². The van der Waals surface area contributed by atoms with Gasteiger partial charge in [-0.2, -0.15) is 5.21 Å². The van der Waals surface area contributed by atoms with E-state index in [9.17, 15) is 4.79 Å². The first-order chi connectivity index (χ1) is 6.38. The number of ketones is 1. The van der Waals surface area contributed by atoms with Crippen molar-refractivity contribution < 1.29 is 9.53 Å². The van der Waals surface area contributed by atoms with Gasteiger partial charge < -0.3 is 4.74 Å². The Hall–Kier alpha value is -1.98. The molecule has 2 rings (SSSR count). The number of hydrogen-bond donors (Lipinski definition) is 1. The molecule has 13 heavy (non-hydrogen) atoms. The lowest BCUT2D eigenvalue weighted by Gasteiger charge is -2.10. The molecule has 0 bridgehead atoms. The SMILES string of the molecule is O=C(c1nn[nH]n1)C1C=CC=CO1.